The van der Waals surface area contributed by atoms with Crippen LogP contribution >= 0.6 is 11.8 Å². The van der Waals surface area contributed by atoms with Gasteiger partial charge in [0, 0.05) is 24.1 Å². The molecule has 3 unspecified atom stereocenters. The third kappa shape index (κ3) is 3.83. The van der Waals surface area contributed by atoms with Gasteiger partial charge in [0.2, 0.25) is 4.99 Å². The van der Waals surface area contributed by atoms with Gasteiger partial charge in [-0.15, -0.1) is 22.0 Å². The lowest BCUT2D eigenvalue weighted by Crippen LogP contribution is -2.28. The van der Waals surface area contributed by atoms with E-state index < -0.39 is 16.7 Å². The van der Waals surface area contributed by atoms with Crippen molar-refractivity contribution in [2.45, 2.75) is 36.4 Å². The highest BCUT2D eigenvalue weighted by Crippen LogP contribution is 2.59. The second-order valence-electron chi connectivity index (χ2n) is 8.72. The fraction of sp³-hybridized carbons (Fsp3) is 0.500. The van der Waals surface area contributed by atoms with Crippen LogP contribution in [0.2, 0.25) is 0 Å². The van der Waals surface area contributed by atoms with Crippen molar-refractivity contribution in [2.75, 3.05) is 25.4 Å². The van der Waals surface area contributed by atoms with E-state index in [0.717, 1.165) is 54.9 Å². The maximum atomic E-state index is 12.9. The summed E-state index contributed by atoms with van der Waals surface area (Å²) in [5, 5.41) is 16.2. The predicted octanol–water partition coefficient (Wildman–Crippen LogP) is 4.81. The van der Waals surface area contributed by atoms with Crippen molar-refractivity contribution in [1.82, 2.24) is 15.1 Å². The molecule has 3 aliphatic rings. The number of nitrogens with zero attached hydrogens (tertiary/aromatic N) is 6. The second-order valence-corrected chi connectivity index (χ2v) is 9.99. The lowest BCUT2D eigenvalue weighted by molar-refractivity contribution is -0.137. The van der Waals surface area contributed by atoms with E-state index in [9.17, 15) is 13.2 Å². The zero-order chi connectivity index (χ0) is 22.4. The van der Waals surface area contributed by atoms with E-state index in [1.165, 1.54) is 18.5 Å². The quantitative estimate of drug-likeness (QED) is 0.557. The lowest BCUT2D eigenvalue weighted by atomic mass is 9.94. The molecule has 5 rings (SSSR count). The summed E-state index contributed by atoms with van der Waals surface area (Å²) in [5.74, 6) is 1.39. The van der Waals surface area contributed by atoms with Gasteiger partial charge in [0.1, 0.15) is 6.34 Å². The Hall–Kier alpha value is -2.33. The number of aromatic nitrogens is 2. The summed E-state index contributed by atoms with van der Waals surface area (Å²) in [6, 6.07) is 5.76. The molecular formula is C22H23F3N6S. The molecular weight excluding hydrogens is 437 g/mol. The SMILES string of the molecule is Cc1cnncc1C1(SCCCN2CC3CC3(c3ccc(C(F)(F)F)cc3)C2)N=CN=N1. The number of aryl methyl sites for hydroxylation is 1. The lowest BCUT2D eigenvalue weighted by Gasteiger charge is -2.24. The Labute approximate surface area is 188 Å². The predicted molar refractivity (Wildman–Crippen MR) is 117 cm³/mol. The average Bonchev–Trinajstić information content (AvgIpc) is 3.11. The maximum absolute atomic E-state index is 12.9. The summed E-state index contributed by atoms with van der Waals surface area (Å²) in [4.78, 5) is 6.15. The number of fused-ring (bicyclic) bond motifs is 1. The summed E-state index contributed by atoms with van der Waals surface area (Å²) in [6.45, 7) is 4.81. The number of alkyl halides is 3. The topological polar surface area (TPSA) is 66.1 Å². The Morgan fingerprint density at radius 1 is 1.16 bits per heavy atom. The molecule has 1 aromatic heterocycles. The van der Waals surface area contributed by atoms with Crippen LogP contribution in [0.4, 0.5) is 13.2 Å². The highest BCUT2D eigenvalue weighted by atomic mass is 32.2. The van der Waals surface area contributed by atoms with Gasteiger partial charge in [-0.05, 0) is 61.2 Å². The molecule has 168 valence electrons. The number of benzene rings is 1. The molecule has 3 atom stereocenters. The molecule has 1 saturated heterocycles. The first-order chi connectivity index (χ1) is 15.3. The smallest absolute Gasteiger partial charge is 0.302 e. The molecule has 3 heterocycles. The summed E-state index contributed by atoms with van der Waals surface area (Å²) in [5.41, 5.74) is 2.36. The minimum Gasteiger partial charge on any atom is -0.302 e. The van der Waals surface area contributed by atoms with Gasteiger partial charge in [-0.25, -0.2) is 4.99 Å². The van der Waals surface area contributed by atoms with E-state index in [1.807, 2.05) is 6.92 Å². The zero-order valence-corrected chi connectivity index (χ0v) is 18.4. The van der Waals surface area contributed by atoms with E-state index in [4.69, 9.17) is 0 Å². The Bertz CT molecular complexity index is 1040. The number of azo groups is 1. The van der Waals surface area contributed by atoms with Gasteiger partial charge in [0.05, 0.1) is 18.0 Å². The van der Waals surface area contributed by atoms with E-state index in [2.05, 4.69) is 30.3 Å². The summed E-state index contributed by atoms with van der Waals surface area (Å²) in [6.07, 6.45) is 2.63. The number of piperidine rings is 1. The van der Waals surface area contributed by atoms with Gasteiger partial charge in [0.25, 0.3) is 0 Å². The molecule has 0 spiro atoms. The fourth-order valence-electron chi connectivity index (χ4n) is 4.92. The molecule has 0 amide bonds. The molecule has 2 aliphatic heterocycles. The first-order valence-electron chi connectivity index (χ1n) is 10.6. The zero-order valence-electron chi connectivity index (χ0n) is 17.6. The van der Waals surface area contributed by atoms with Crippen LogP contribution in [0.15, 0.2) is 51.9 Å². The molecule has 6 nitrogen and oxygen atoms in total. The molecule has 1 aliphatic carbocycles. The Kier molecular flexibility index (Phi) is 5.32. The van der Waals surface area contributed by atoms with E-state index in [-0.39, 0.29) is 5.41 Å². The van der Waals surface area contributed by atoms with Gasteiger partial charge < -0.3 is 4.90 Å². The van der Waals surface area contributed by atoms with Crippen LogP contribution in [-0.2, 0) is 16.6 Å². The molecule has 2 fully saturated rings. The van der Waals surface area contributed by atoms with Crippen molar-refractivity contribution in [2.24, 2.45) is 21.1 Å². The number of hydrogen-bond acceptors (Lipinski definition) is 7. The van der Waals surface area contributed by atoms with Gasteiger partial charge >= 0.3 is 6.18 Å². The number of rotatable bonds is 7. The standard InChI is InChI=1S/C22H23F3N6S/c1-15-10-27-28-11-19(15)22(26-14-29-30-22)32-8-2-7-31-12-18-9-20(18,13-31)16-3-5-17(6-4-16)21(23,24)25/h3-6,10-11,14,18H,2,7-9,12-13H2,1H3. The third-order valence-electron chi connectivity index (χ3n) is 6.68. The van der Waals surface area contributed by atoms with Gasteiger partial charge in [-0.3, -0.25) is 0 Å². The molecule has 0 bridgehead atoms. The molecule has 32 heavy (non-hydrogen) atoms. The largest absolute Gasteiger partial charge is 0.416 e. The number of aliphatic imine (C=N–C) groups is 1. The normalized spacial score (nSPS) is 28.9. The van der Waals surface area contributed by atoms with Gasteiger partial charge in [-0.1, -0.05) is 12.1 Å². The number of hydrogen-bond donors (Lipinski definition) is 0. The Balaban J connectivity index is 1.16. The first-order valence-corrected chi connectivity index (χ1v) is 11.6. The van der Waals surface area contributed by atoms with E-state index in [0.29, 0.717) is 5.92 Å². The van der Waals surface area contributed by atoms with Crippen LogP contribution in [0.25, 0.3) is 0 Å². The van der Waals surface area contributed by atoms with Crippen LogP contribution in [0.3, 0.4) is 0 Å². The highest BCUT2D eigenvalue weighted by Gasteiger charge is 2.60. The van der Waals surface area contributed by atoms with Gasteiger partial charge in [-0.2, -0.15) is 23.4 Å². The van der Waals surface area contributed by atoms with Crippen LogP contribution in [0, 0.1) is 12.8 Å². The van der Waals surface area contributed by atoms with E-state index in [1.54, 1.807) is 36.3 Å². The van der Waals surface area contributed by atoms with Crippen molar-refractivity contribution in [3.05, 3.63) is 58.9 Å². The maximum Gasteiger partial charge on any atom is 0.416 e. The van der Waals surface area contributed by atoms with Crippen molar-refractivity contribution >= 4 is 18.1 Å². The van der Waals surface area contributed by atoms with Crippen molar-refractivity contribution in [3.8, 4) is 0 Å². The van der Waals surface area contributed by atoms with Crippen molar-refractivity contribution in [1.29, 1.82) is 0 Å². The van der Waals surface area contributed by atoms with Crippen molar-refractivity contribution in [3.63, 3.8) is 0 Å². The Morgan fingerprint density at radius 2 is 1.94 bits per heavy atom. The number of thioether (sulfide) groups is 1. The fourth-order valence-corrected chi connectivity index (χ4v) is 6.08. The van der Waals surface area contributed by atoms with Gasteiger partial charge in [0.15, 0.2) is 0 Å². The minimum atomic E-state index is -4.29. The summed E-state index contributed by atoms with van der Waals surface area (Å²) >= 11 is 1.63. The van der Waals surface area contributed by atoms with Crippen molar-refractivity contribution < 1.29 is 13.2 Å². The highest BCUT2D eigenvalue weighted by molar-refractivity contribution is 8.00. The van der Waals surface area contributed by atoms with Crippen LogP contribution in [0.1, 0.15) is 35.1 Å². The second kappa shape index (κ2) is 7.91. The van der Waals surface area contributed by atoms with Crippen LogP contribution < -0.4 is 0 Å². The van der Waals surface area contributed by atoms with E-state index >= 15 is 0 Å². The summed E-state index contributed by atoms with van der Waals surface area (Å²) in [7, 11) is 0. The first kappa shape index (κ1) is 21.5. The molecule has 0 N–H and O–H groups in total. The summed E-state index contributed by atoms with van der Waals surface area (Å²) < 4.78 is 38.6. The molecule has 0 radical (unpaired) electrons. The third-order valence-corrected chi connectivity index (χ3v) is 7.99. The van der Waals surface area contributed by atoms with Crippen LogP contribution in [-0.4, -0.2) is 46.8 Å². The number of halogens is 3. The molecule has 1 saturated carbocycles. The molecule has 10 heteroatoms. The minimum absolute atomic E-state index is 0.0300. The Morgan fingerprint density at radius 3 is 2.62 bits per heavy atom. The van der Waals surface area contributed by atoms with Crippen LogP contribution in [0.5, 0.6) is 0 Å². The monoisotopic (exact) mass is 460 g/mol. The molecule has 1 aromatic carbocycles. The average molecular weight is 461 g/mol. The molecule has 2 aromatic rings. The number of likely N-dealkylation sites (tertiary alicyclic amines) is 1.